The summed E-state index contributed by atoms with van der Waals surface area (Å²) in [6.45, 7) is 3.84. The van der Waals surface area contributed by atoms with Crippen LogP contribution in [0.15, 0.2) is 16.6 Å². The van der Waals surface area contributed by atoms with Crippen molar-refractivity contribution in [2.45, 2.75) is 39.5 Å². The lowest BCUT2D eigenvalue weighted by Crippen LogP contribution is -2.31. The lowest BCUT2D eigenvalue weighted by Gasteiger charge is -2.23. The Morgan fingerprint density at radius 3 is 2.61 bits per heavy atom. The first-order valence-corrected chi connectivity index (χ1v) is 6.99. The van der Waals surface area contributed by atoms with Crippen LogP contribution in [0.3, 0.4) is 0 Å². The van der Waals surface area contributed by atoms with Gasteiger partial charge in [0, 0.05) is 11.1 Å². The van der Waals surface area contributed by atoms with Crippen LogP contribution >= 0.6 is 15.9 Å². The van der Waals surface area contributed by atoms with Gasteiger partial charge in [-0.3, -0.25) is 4.79 Å². The summed E-state index contributed by atoms with van der Waals surface area (Å²) in [6, 6.07) is 3.05. The molecule has 0 saturated heterocycles. The molecule has 98 valence electrons. The van der Waals surface area contributed by atoms with Crippen LogP contribution in [0.1, 0.15) is 38.2 Å². The first-order valence-electron chi connectivity index (χ1n) is 6.19. The van der Waals surface area contributed by atoms with Gasteiger partial charge in [-0.1, -0.05) is 19.8 Å². The molecule has 4 heteroatoms. The number of carbonyl (C=O) groups is 1. The summed E-state index contributed by atoms with van der Waals surface area (Å²) in [6.07, 6.45) is 4.02. The predicted octanol–water partition coefficient (Wildman–Crippen LogP) is 4.42. The number of rotatable bonds is 2. The Bertz CT molecular complexity index is 481. The maximum absolute atomic E-state index is 13.5. The molecule has 0 heterocycles. The quantitative estimate of drug-likeness (QED) is 0.860. The summed E-state index contributed by atoms with van der Waals surface area (Å²) in [5.41, 5.74) is 1.13. The minimum absolute atomic E-state index is 0.00447. The molecule has 18 heavy (non-hydrogen) atoms. The third-order valence-electron chi connectivity index (χ3n) is 3.77. The number of hydrogen-bond donors (Lipinski definition) is 1. The smallest absolute Gasteiger partial charge is 0.230 e. The Hall–Kier alpha value is -0.900. The van der Waals surface area contributed by atoms with Gasteiger partial charge in [0.25, 0.3) is 0 Å². The molecule has 1 saturated carbocycles. The number of nitrogens with one attached hydrogen (secondary N) is 1. The molecule has 1 aliphatic rings. The van der Waals surface area contributed by atoms with Crippen LogP contribution in [0.4, 0.5) is 10.1 Å². The number of anilines is 1. The Labute approximate surface area is 115 Å². The zero-order valence-corrected chi connectivity index (χ0v) is 12.2. The van der Waals surface area contributed by atoms with Gasteiger partial charge < -0.3 is 5.32 Å². The molecule has 1 aromatic rings. The summed E-state index contributed by atoms with van der Waals surface area (Å²) in [4.78, 5) is 12.2. The highest BCUT2D eigenvalue weighted by atomic mass is 79.9. The number of carbonyl (C=O) groups excluding carboxylic acids is 1. The van der Waals surface area contributed by atoms with Gasteiger partial charge in [-0.15, -0.1) is 0 Å². The maximum Gasteiger partial charge on any atom is 0.230 e. The molecule has 0 aliphatic heterocycles. The molecule has 0 atom stereocenters. The molecule has 0 bridgehead atoms. The Kier molecular flexibility index (Phi) is 3.76. The normalized spacial score (nSPS) is 17.8. The summed E-state index contributed by atoms with van der Waals surface area (Å²) < 4.78 is 13.9. The average molecular weight is 314 g/mol. The zero-order valence-electron chi connectivity index (χ0n) is 10.6. The molecule has 0 radical (unpaired) electrons. The maximum atomic E-state index is 13.5. The number of halogens is 2. The van der Waals surface area contributed by atoms with Gasteiger partial charge in [0.15, 0.2) is 0 Å². The second-order valence-corrected chi connectivity index (χ2v) is 6.16. The van der Waals surface area contributed by atoms with Crippen molar-refractivity contribution in [2.75, 3.05) is 5.32 Å². The summed E-state index contributed by atoms with van der Waals surface area (Å²) in [5, 5.41) is 2.86. The van der Waals surface area contributed by atoms with E-state index in [9.17, 15) is 9.18 Å². The molecular weight excluding hydrogens is 297 g/mol. The van der Waals surface area contributed by atoms with E-state index in [4.69, 9.17) is 0 Å². The predicted molar refractivity (Wildman–Crippen MR) is 74.0 cm³/mol. The van der Waals surface area contributed by atoms with Gasteiger partial charge in [0.05, 0.1) is 4.47 Å². The van der Waals surface area contributed by atoms with E-state index in [-0.39, 0.29) is 17.1 Å². The van der Waals surface area contributed by atoms with E-state index < -0.39 is 0 Å². The van der Waals surface area contributed by atoms with Gasteiger partial charge in [-0.05, 0) is 53.4 Å². The molecule has 1 fully saturated rings. The van der Waals surface area contributed by atoms with Gasteiger partial charge in [-0.25, -0.2) is 4.39 Å². The van der Waals surface area contributed by atoms with Crippen LogP contribution in [0.2, 0.25) is 0 Å². The molecule has 1 aromatic carbocycles. The van der Waals surface area contributed by atoms with E-state index in [0.717, 1.165) is 31.2 Å². The second kappa shape index (κ2) is 5.00. The van der Waals surface area contributed by atoms with E-state index in [1.165, 1.54) is 6.07 Å². The van der Waals surface area contributed by atoms with Crippen LogP contribution in [-0.4, -0.2) is 5.91 Å². The summed E-state index contributed by atoms with van der Waals surface area (Å²) in [7, 11) is 0. The van der Waals surface area contributed by atoms with Gasteiger partial charge in [0.1, 0.15) is 5.82 Å². The minimum atomic E-state index is -0.354. The van der Waals surface area contributed by atoms with E-state index in [2.05, 4.69) is 21.2 Å². The molecular formula is C14H17BrFNO. The molecule has 1 N–H and O–H groups in total. The van der Waals surface area contributed by atoms with Crippen molar-refractivity contribution in [3.05, 3.63) is 28.0 Å². The number of aryl methyl sites for hydroxylation is 1. The number of amides is 1. The summed E-state index contributed by atoms with van der Waals surface area (Å²) in [5.74, 6) is -0.350. The highest BCUT2D eigenvalue weighted by Gasteiger charge is 2.36. The van der Waals surface area contributed by atoms with Crippen LogP contribution in [0, 0.1) is 18.2 Å². The minimum Gasteiger partial charge on any atom is -0.325 e. The van der Waals surface area contributed by atoms with Gasteiger partial charge >= 0.3 is 0 Å². The molecule has 0 unspecified atom stereocenters. The van der Waals surface area contributed by atoms with Crippen LogP contribution in [0.25, 0.3) is 0 Å². The van der Waals surface area contributed by atoms with Crippen LogP contribution in [-0.2, 0) is 4.79 Å². The number of hydrogen-bond acceptors (Lipinski definition) is 1. The molecule has 0 spiro atoms. The first-order chi connectivity index (χ1) is 8.42. The van der Waals surface area contributed by atoms with E-state index in [0.29, 0.717) is 10.2 Å². The van der Waals surface area contributed by atoms with Crippen LogP contribution in [0.5, 0.6) is 0 Å². The zero-order chi connectivity index (χ0) is 13.3. The van der Waals surface area contributed by atoms with Crippen molar-refractivity contribution in [1.82, 2.24) is 0 Å². The van der Waals surface area contributed by atoms with E-state index in [1.54, 1.807) is 6.07 Å². The van der Waals surface area contributed by atoms with Crippen molar-refractivity contribution < 1.29 is 9.18 Å². The Balaban J connectivity index is 2.19. The highest BCUT2D eigenvalue weighted by Crippen LogP contribution is 2.38. The topological polar surface area (TPSA) is 29.1 Å². The largest absolute Gasteiger partial charge is 0.325 e. The molecule has 1 aliphatic carbocycles. The van der Waals surface area contributed by atoms with Gasteiger partial charge in [0.2, 0.25) is 5.91 Å². The molecule has 2 nitrogen and oxygen atoms in total. The van der Waals surface area contributed by atoms with E-state index >= 15 is 0 Å². The third-order valence-corrected chi connectivity index (χ3v) is 4.38. The fourth-order valence-electron chi connectivity index (χ4n) is 2.44. The van der Waals surface area contributed by atoms with Gasteiger partial charge in [-0.2, -0.15) is 0 Å². The lowest BCUT2D eigenvalue weighted by molar-refractivity contribution is -0.124. The van der Waals surface area contributed by atoms with Crippen molar-refractivity contribution in [1.29, 1.82) is 0 Å². The molecule has 0 aromatic heterocycles. The SMILES string of the molecule is Cc1cc(Br)c(F)cc1NC(=O)C1(C)CCCC1. The third kappa shape index (κ3) is 2.58. The molecule has 2 rings (SSSR count). The Morgan fingerprint density at radius 1 is 1.39 bits per heavy atom. The van der Waals surface area contributed by atoms with Crippen molar-refractivity contribution in [2.24, 2.45) is 5.41 Å². The fourth-order valence-corrected chi connectivity index (χ4v) is 2.89. The lowest BCUT2D eigenvalue weighted by atomic mass is 9.87. The molecule has 1 amide bonds. The van der Waals surface area contributed by atoms with Crippen molar-refractivity contribution >= 4 is 27.5 Å². The highest BCUT2D eigenvalue weighted by molar-refractivity contribution is 9.10. The Morgan fingerprint density at radius 2 is 2.00 bits per heavy atom. The van der Waals surface area contributed by atoms with Crippen molar-refractivity contribution in [3.63, 3.8) is 0 Å². The van der Waals surface area contributed by atoms with Crippen molar-refractivity contribution in [3.8, 4) is 0 Å². The standard InChI is InChI=1S/C14H17BrFNO/c1-9-7-10(15)11(16)8-12(9)17-13(18)14(2)5-3-4-6-14/h7-8H,3-6H2,1-2H3,(H,17,18). The fraction of sp³-hybridized carbons (Fsp3) is 0.500. The number of benzene rings is 1. The van der Waals surface area contributed by atoms with E-state index in [1.807, 2.05) is 13.8 Å². The first kappa shape index (κ1) is 13.5. The second-order valence-electron chi connectivity index (χ2n) is 5.30. The average Bonchev–Trinajstić information content (AvgIpc) is 2.74. The summed E-state index contributed by atoms with van der Waals surface area (Å²) >= 11 is 3.14. The van der Waals surface area contributed by atoms with Crippen LogP contribution < -0.4 is 5.32 Å². The monoisotopic (exact) mass is 313 g/mol.